The van der Waals surface area contributed by atoms with Crippen LogP contribution in [0, 0.1) is 6.92 Å². The maximum Gasteiger partial charge on any atom is 0.252 e. The van der Waals surface area contributed by atoms with E-state index in [1.807, 2.05) is 19.1 Å². The van der Waals surface area contributed by atoms with Crippen molar-refractivity contribution in [1.29, 1.82) is 0 Å². The minimum absolute atomic E-state index is 0.253. The molecule has 7 heteroatoms. The molecule has 0 bridgehead atoms. The molecule has 0 fully saturated rings. The Bertz CT molecular complexity index is 737. The molecule has 0 spiro atoms. The molecule has 4 nitrogen and oxygen atoms in total. The van der Waals surface area contributed by atoms with E-state index in [2.05, 4.69) is 0 Å². The fraction of sp³-hybridized carbons (Fsp3) is 0.286. The third kappa shape index (κ3) is 3.23. The molecular formula is C14H17ClN2O2S2. The van der Waals surface area contributed by atoms with Gasteiger partial charge in [0, 0.05) is 18.8 Å². The van der Waals surface area contributed by atoms with Gasteiger partial charge >= 0.3 is 0 Å². The number of nitrogen functional groups attached to an aromatic ring is 1. The molecule has 1 atom stereocenters. The van der Waals surface area contributed by atoms with Crippen LogP contribution in [0.4, 0.5) is 5.69 Å². The van der Waals surface area contributed by atoms with Crippen LogP contribution < -0.4 is 5.73 Å². The monoisotopic (exact) mass is 344 g/mol. The molecule has 114 valence electrons. The standard InChI is InChI=1S/C14H17ClN2O2S2/c1-9-7-13(20-14(9)15)21(18,19)17(3)10(2)11-5-4-6-12(16)8-11/h4-8,10H,16H2,1-3H3. The van der Waals surface area contributed by atoms with Gasteiger partial charge in [-0.05, 0) is 43.2 Å². The Morgan fingerprint density at radius 2 is 2.00 bits per heavy atom. The minimum atomic E-state index is -3.57. The van der Waals surface area contributed by atoms with Crippen molar-refractivity contribution in [3.63, 3.8) is 0 Å². The first-order chi connectivity index (χ1) is 9.73. The van der Waals surface area contributed by atoms with E-state index < -0.39 is 10.0 Å². The first-order valence-corrected chi connectivity index (χ1v) is 8.96. The van der Waals surface area contributed by atoms with Crippen LogP contribution in [0.2, 0.25) is 4.34 Å². The number of hydrogen-bond donors (Lipinski definition) is 1. The minimum Gasteiger partial charge on any atom is -0.399 e. The van der Waals surface area contributed by atoms with E-state index >= 15 is 0 Å². The smallest absolute Gasteiger partial charge is 0.252 e. The zero-order valence-corrected chi connectivity index (χ0v) is 14.4. The lowest BCUT2D eigenvalue weighted by Crippen LogP contribution is -2.29. The van der Waals surface area contributed by atoms with Crippen molar-refractivity contribution in [3.05, 3.63) is 45.8 Å². The number of sulfonamides is 1. The number of benzene rings is 1. The van der Waals surface area contributed by atoms with Crippen LogP contribution in [0.3, 0.4) is 0 Å². The number of anilines is 1. The molecule has 21 heavy (non-hydrogen) atoms. The Kier molecular flexibility index (Phi) is 4.63. The number of nitrogens with two attached hydrogens (primary N) is 1. The van der Waals surface area contributed by atoms with Gasteiger partial charge in [-0.15, -0.1) is 11.3 Å². The molecule has 0 amide bonds. The summed E-state index contributed by atoms with van der Waals surface area (Å²) in [4.78, 5) is 0. The van der Waals surface area contributed by atoms with E-state index in [0.29, 0.717) is 10.0 Å². The molecule has 0 saturated carbocycles. The zero-order chi connectivity index (χ0) is 15.8. The van der Waals surface area contributed by atoms with E-state index in [9.17, 15) is 8.42 Å². The van der Waals surface area contributed by atoms with E-state index in [4.69, 9.17) is 17.3 Å². The second-order valence-corrected chi connectivity index (χ2v) is 8.77. The van der Waals surface area contributed by atoms with Crippen LogP contribution in [0.5, 0.6) is 0 Å². The number of thiophene rings is 1. The Hall–Kier alpha value is -1.08. The van der Waals surface area contributed by atoms with Gasteiger partial charge in [0.2, 0.25) is 0 Å². The molecule has 0 aliphatic carbocycles. The molecule has 1 aromatic heterocycles. The molecule has 2 rings (SSSR count). The van der Waals surface area contributed by atoms with E-state index in [1.54, 1.807) is 32.2 Å². The van der Waals surface area contributed by atoms with E-state index in [-0.39, 0.29) is 10.3 Å². The summed E-state index contributed by atoms with van der Waals surface area (Å²) in [5.41, 5.74) is 7.98. The predicted molar refractivity (Wildman–Crippen MR) is 88.3 cm³/mol. The molecule has 0 saturated heterocycles. The third-order valence-electron chi connectivity index (χ3n) is 3.41. The maximum atomic E-state index is 12.6. The van der Waals surface area contributed by atoms with Gasteiger partial charge in [0.15, 0.2) is 0 Å². The van der Waals surface area contributed by atoms with Crippen molar-refractivity contribution in [3.8, 4) is 0 Å². The van der Waals surface area contributed by atoms with Gasteiger partial charge in [0.25, 0.3) is 10.0 Å². The molecule has 0 aliphatic heterocycles. The van der Waals surface area contributed by atoms with Gasteiger partial charge in [-0.1, -0.05) is 23.7 Å². The summed E-state index contributed by atoms with van der Waals surface area (Å²) in [5, 5.41) is 0. The molecular weight excluding hydrogens is 328 g/mol. The van der Waals surface area contributed by atoms with Crippen molar-refractivity contribution < 1.29 is 8.42 Å². The highest BCUT2D eigenvalue weighted by Crippen LogP contribution is 2.34. The fourth-order valence-electron chi connectivity index (χ4n) is 1.94. The van der Waals surface area contributed by atoms with Gasteiger partial charge in [-0.25, -0.2) is 8.42 Å². The van der Waals surface area contributed by atoms with Crippen LogP contribution in [0.25, 0.3) is 0 Å². The average Bonchev–Trinajstić information content (AvgIpc) is 2.77. The highest BCUT2D eigenvalue weighted by atomic mass is 35.5. The SMILES string of the molecule is Cc1cc(S(=O)(=O)N(C)C(C)c2cccc(N)c2)sc1Cl. The maximum absolute atomic E-state index is 12.6. The Balaban J connectivity index is 2.36. The van der Waals surface area contributed by atoms with Gasteiger partial charge in [0.05, 0.1) is 4.34 Å². The number of halogens is 1. The normalized spacial score (nSPS) is 13.6. The first-order valence-electron chi connectivity index (χ1n) is 6.33. The van der Waals surface area contributed by atoms with Crippen LogP contribution in [-0.4, -0.2) is 19.8 Å². The van der Waals surface area contributed by atoms with Crippen molar-refractivity contribution >= 4 is 38.6 Å². The van der Waals surface area contributed by atoms with Crippen molar-refractivity contribution in [2.24, 2.45) is 0 Å². The number of aryl methyl sites for hydroxylation is 1. The lowest BCUT2D eigenvalue weighted by atomic mass is 10.1. The summed E-state index contributed by atoms with van der Waals surface area (Å²) in [6.45, 7) is 3.62. The molecule has 0 radical (unpaired) electrons. The number of nitrogens with zero attached hydrogens (tertiary/aromatic N) is 1. The molecule has 2 N–H and O–H groups in total. The van der Waals surface area contributed by atoms with Crippen molar-refractivity contribution in [1.82, 2.24) is 4.31 Å². The quantitative estimate of drug-likeness (QED) is 0.860. The zero-order valence-electron chi connectivity index (χ0n) is 12.0. The Labute approximate surface area is 134 Å². The first kappa shape index (κ1) is 16.3. The van der Waals surface area contributed by atoms with E-state index in [0.717, 1.165) is 22.5 Å². The van der Waals surface area contributed by atoms with E-state index in [1.165, 1.54) is 4.31 Å². The van der Waals surface area contributed by atoms with Crippen molar-refractivity contribution in [2.75, 3.05) is 12.8 Å². The predicted octanol–water partition coefficient (Wildman–Crippen LogP) is 3.67. The Morgan fingerprint density at radius 1 is 1.33 bits per heavy atom. The number of hydrogen-bond acceptors (Lipinski definition) is 4. The summed E-state index contributed by atoms with van der Waals surface area (Å²) < 4.78 is 27.4. The summed E-state index contributed by atoms with van der Waals surface area (Å²) in [6, 6.07) is 8.51. The lowest BCUT2D eigenvalue weighted by Gasteiger charge is -2.24. The van der Waals surface area contributed by atoms with Gasteiger partial charge in [-0.2, -0.15) is 4.31 Å². The number of rotatable bonds is 4. The van der Waals surface area contributed by atoms with Crippen LogP contribution in [-0.2, 0) is 10.0 Å². The molecule has 1 heterocycles. The van der Waals surface area contributed by atoms with Gasteiger partial charge in [-0.3, -0.25) is 0 Å². The molecule has 2 aromatic rings. The summed E-state index contributed by atoms with van der Waals surface area (Å²) in [7, 11) is -2.01. The van der Waals surface area contributed by atoms with Gasteiger partial charge < -0.3 is 5.73 Å². The molecule has 0 aliphatic rings. The fourth-order valence-corrected chi connectivity index (χ4v) is 5.18. The third-order valence-corrected chi connectivity index (χ3v) is 7.34. The highest BCUT2D eigenvalue weighted by molar-refractivity contribution is 7.91. The topological polar surface area (TPSA) is 63.4 Å². The van der Waals surface area contributed by atoms with Crippen LogP contribution >= 0.6 is 22.9 Å². The van der Waals surface area contributed by atoms with Crippen LogP contribution in [0.15, 0.2) is 34.5 Å². The summed E-state index contributed by atoms with van der Waals surface area (Å²) >= 11 is 7.05. The second kappa shape index (κ2) is 5.96. The largest absolute Gasteiger partial charge is 0.399 e. The van der Waals surface area contributed by atoms with Crippen LogP contribution in [0.1, 0.15) is 24.1 Å². The second-order valence-electron chi connectivity index (χ2n) is 4.89. The summed E-state index contributed by atoms with van der Waals surface area (Å²) in [5.74, 6) is 0. The lowest BCUT2D eigenvalue weighted by molar-refractivity contribution is 0.399. The summed E-state index contributed by atoms with van der Waals surface area (Å²) in [6.07, 6.45) is 0. The molecule has 1 unspecified atom stereocenters. The van der Waals surface area contributed by atoms with Gasteiger partial charge in [0.1, 0.15) is 4.21 Å². The van der Waals surface area contributed by atoms with Crippen molar-refractivity contribution in [2.45, 2.75) is 24.1 Å². The Morgan fingerprint density at radius 3 is 2.52 bits per heavy atom. The highest BCUT2D eigenvalue weighted by Gasteiger charge is 2.28. The average molecular weight is 345 g/mol. The molecule has 1 aromatic carbocycles.